The van der Waals surface area contributed by atoms with Gasteiger partial charge in [0.25, 0.3) is 0 Å². The molecule has 0 unspecified atom stereocenters. The van der Waals surface area contributed by atoms with Gasteiger partial charge in [-0.15, -0.1) is 0 Å². The van der Waals surface area contributed by atoms with Crippen LogP contribution in [-0.2, 0) is 10.0 Å². The van der Waals surface area contributed by atoms with Crippen molar-refractivity contribution in [3.05, 3.63) is 0 Å². The Balaban J connectivity index is 2.55. The smallest absolute Gasteiger partial charge is 0.211 e. The van der Waals surface area contributed by atoms with E-state index in [1.807, 2.05) is 6.92 Å². The maximum atomic E-state index is 11.6. The number of nitrogens with one attached hydrogen (secondary N) is 1. The number of sulfonamides is 1. The summed E-state index contributed by atoms with van der Waals surface area (Å²) >= 11 is 0. The third-order valence-corrected chi connectivity index (χ3v) is 5.23. The van der Waals surface area contributed by atoms with Crippen LogP contribution in [0.25, 0.3) is 0 Å². The van der Waals surface area contributed by atoms with Gasteiger partial charge in [0, 0.05) is 13.2 Å². The van der Waals surface area contributed by atoms with Crippen LogP contribution in [-0.4, -0.2) is 32.4 Å². The largest absolute Gasteiger partial charge is 0.396 e. The Bertz CT molecular complexity index is 302. The number of hydrogen-bond acceptors (Lipinski definition) is 3. The molecule has 0 aromatic carbocycles. The Hall–Kier alpha value is -0.130. The number of hydrogen-bond donors (Lipinski definition) is 2. The van der Waals surface area contributed by atoms with Gasteiger partial charge in [0.1, 0.15) is 0 Å². The van der Waals surface area contributed by atoms with Crippen molar-refractivity contribution in [2.45, 2.75) is 51.9 Å². The van der Waals surface area contributed by atoms with E-state index < -0.39 is 10.0 Å². The van der Waals surface area contributed by atoms with E-state index >= 15 is 0 Å². The van der Waals surface area contributed by atoms with Gasteiger partial charge in [-0.1, -0.05) is 26.2 Å². The van der Waals surface area contributed by atoms with E-state index in [0.717, 1.165) is 25.7 Å². The molecular weight excluding hydrogens is 238 g/mol. The SMILES string of the molecule is CCCS(=O)(=O)NCC1(CCO)CCCCC1. The predicted molar refractivity (Wildman–Crippen MR) is 69.3 cm³/mol. The maximum Gasteiger partial charge on any atom is 0.211 e. The monoisotopic (exact) mass is 263 g/mol. The molecule has 17 heavy (non-hydrogen) atoms. The van der Waals surface area contributed by atoms with E-state index in [1.165, 1.54) is 6.42 Å². The molecule has 1 fully saturated rings. The molecule has 0 radical (unpaired) electrons. The minimum Gasteiger partial charge on any atom is -0.396 e. The summed E-state index contributed by atoms with van der Waals surface area (Å²) in [7, 11) is -3.12. The molecule has 102 valence electrons. The first-order valence-corrected chi connectivity index (χ1v) is 8.27. The lowest BCUT2D eigenvalue weighted by Gasteiger charge is -2.37. The molecular formula is C12H25NO3S. The van der Waals surface area contributed by atoms with E-state index in [4.69, 9.17) is 5.11 Å². The third kappa shape index (κ3) is 4.94. The van der Waals surface area contributed by atoms with Gasteiger partial charge in [-0.2, -0.15) is 0 Å². The van der Waals surface area contributed by atoms with Crippen LogP contribution < -0.4 is 4.72 Å². The van der Waals surface area contributed by atoms with Crippen LogP contribution in [0.4, 0.5) is 0 Å². The van der Waals surface area contributed by atoms with Crippen molar-refractivity contribution in [1.82, 2.24) is 4.72 Å². The highest BCUT2D eigenvalue weighted by molar-refractivity contribution is 7.89. The van der Waals surface area contributed by atoms with Crippen LogP contribution in [0, 0.1) is 5.41 Å². The van der Waals surface area contributed by atoms with Gasteiger partial charge >= 0.3 is 0 Å². The fourth-order valence-electron chi connectivity index (χ4n) is 2.66. The highest BCUT2D eigenvalue weighted by atomic mass is 32.2. The van der Waals surface area contributed by atoms with Crippen LogP contribution in [0.5, 0.6) is 0 Å². The Morgan fingerprint density at radius 2 is 1.88 bits per heavy atom. The molecule has 1 aliphatic carbocycles. The average molecular weight is 263 g/mol. The molecule has 0 aliphatic heterocycles. The molecule has 0 amide bonds. The standard InChI is InChI=1S/C12H25NO3S/c1-2-10-17(15,16)13-11-12(8-9-14)6-4-3-5-7-12/h13-14H,2-11H2,1H3. The highest BCUT2D eigenvalue weighted by Gasteiger charge is 2.32. The molecule has 0 aromatic rings. The predicted octanol–water partition coefficient (Wildman–Crippen LogP) is 1.65. The van der Waals surface area contributed by atoms with E-state index in [0.29, 0.717) is 19.4 Å². The number of aliphatic hydroxyl groups excluding tert-OH is 1. The van der Waals surface area contributed by atoms with Crippen molar-refractivity contribution in [1.29, 1.82) is 0 Å². The first-order valence-electron chi connectivity index (χ1n) is 6.62. The normalized spacial score (nSPS) is 20.4. The van der Waals surface area contributed by atoms with Crippen molar-refractivity contribution in [3.63, 3.8) is 0 Å². The lowest BCUT2D eigenvalue weighted by atomic mass is 9.72. The summed E-state index contributed by atoms with van der Waals surface area (Å²) in [4.78, 5) is 0. The molecule has 2 N–H and O–H groups in total. The van der Waals surface area contributed by atoms with Gasteiger partial charge < -0.3 is 5.11 Å². The van der Waals surface area contributed by atoms with Crippen LogP contribution in [0.3, 0.4) is 0 Å². The fourth-order valence-corrected chi connectivity index (χ4v) is 3.87. The summed E-state index contributed by atoms with van der Waals surface area (Å²) in [6, 6.07) is 0. The van der Waals surface area contributed by atoms with E-state index in [1.54, 1.807) is 0 Å². The zero-order chi connectivity index (χ0) is 12.8. The van der Waals surface area contributed by atoms with Gasteiger partial charge in [0.05, 0.1) is 5.75 Å². The fraction of sp³-hybridized carbons (Fsp3) is 1.00. The quantitative estimate of drug-likeness (QED) is 0.734. The average Bonchev–Trinajstić information content (AvgIpc) is 2.29. The second-order valence-electron chi connectivity index (χ2n) is 5.17. The molecule has 0 saturated heterocycles. The highest BCUT2D eigenvalue weighted by Crippen LogP contribution is 2.38. The van der Waals surface area contributed by atoms with E-state index in [2.05, 4.69) is 4.72 Å². The zero-order valence-corrected chi connectivity index (χ0v) is 11.6. The lowest BCUT2D eigenvalue weighted by Crippen LogP contribution is -2.40. The number of rotatable bonds is 7. The van der Waals surface area contributed by atoms with Crippen LogP contribution in [0.1, 0.15) is 51.9 Å². The van der Waals surface area contributed by atoms with Crippen molar-refractivity contribution >= 4 is 10.0 Å². The molecule has 0 aromatic heterocycles. The molecule has 0 bridgehead atoms. The third-order valence-electron chi connectivity index (χ3n) is 3.70. The first-order chi connectivity index (χ1) is 8.04. The minimum atomic E-state index is -3.12. The Kier molecular flexibility index (Phi) is 5.89. The van der Waals surface area contributed by atoms with Gasteiger partial charge in [-0.05, 0) is 31.1 Å². The lowest BCUT2D eigenvalue weighted by molar-refractivity contribution is 0.133. The second-order valence-corrected chi connectivity index (χ2v) is 7.10. The first kappa shape index (κ1) is 14.9. The van der Waals surface area contributed by atoms with Crippen molar-refractivity contribution in [2.24, 2.45) is 5.41 Å². The number of aliphatic hydroxyl groups is 1. The molecule has 4 nitrogen and oxygen atoms in total. The van der Waals surface area contributed by atoms with Gasteiger partial charge in [0.2, 0.25) is 10.0 Å². The Morgan fingerprint density at radius 3 is 2.41 bits per heavy atom. The van der Waals surface area contributed by atoms with Crippen LogP contribution in [0.2, 0.25) is 0 Å². The molecule has 0 spiro atoms. The molecule has 1 rings (SSSR count). The summed E-state index contributed by atoms with van der Waals surface area (Å²) in [5, 5.41) is 9.14. The topological polar surface area (TPSA) is 66.4 Å². The van der Waals surface area contributed by atoms with Crippen LogP contribution in [0.15, 0.2) is 0 Å². The van der Waals surface area contributed by atoms with E-state index in [-0.39, 0.29) is 17.8 Å². The van der Waals surface area contributed by atoms with Gasteiger partial charge in [-0.25, -0.2) is 13.1 Å². The molecule has 0 atom stereocenters. The molecule has 1 aliphatic rings. The molecule has 0 heterocycles. The molecule has 5 heteroatoms. The summed E-state index contributed by atoms with van der Waals surface area (Å²) < 4.78 is 26.0. The summed E-state index contributed by atoms with van der Waals surface area (Å²) in [5.41, 5.74) is -0.00614. The molecule has 1 saturated carbocycles. The summed E-state index contributed by atoms with van der Waals surface area (Å²) in [5.74, 6) is 0.197. The van der Waals surface area contributed by atoms with Crippen molar-refractivity contribution < 1.29 is 13.5 Å². The van der Waals surface area contributed by atoms with Crippen molar-refractivity contribution in [2.75, 3.05) is 18.9 Å². The maximum absolute atomic E-state index is 11.6. The van der Waals surface area contributed by atoms with E-state index in [9.17, 15) is 8.42 Å². The zero-order valence-electron chi connectivity index (χ0n) is 10.7. The minimum absolute atomic E-state index is 0.00614. The Morgan fingerprint density at radius 1 is 1.24 bits per heavy atom. The van der Waals surface area contributed by atoms with Gasteiger partial charge in [-0.3, -0.25) is 0 Å². The van der Waals surface area contributed by atoms with Gasteiger partial charge in [0.15, 0.2) is 0 Å². The van der Waals surface area contributed by atoms with Crippen molar-refractivity contribution in [3.8, 4) is 0 Å². The second kappa shape index (κ2) is 6.71. The summed E-state index contributed by atoms with van der Waals surface area (Å²) in [6.07, 6.45) is 6.94. The Labute approximate surface area is 105 Å². The summed E-state index contributed by atoms with van der Waals surface area (Å²) in [6.45, 7) is 2.51. The van der Waals surface area contributed by atoms with Crippen LogP contribution >= 0.6 is 0 Å².